The number of anilines is 1. The normalized spacial score (nSPS) is 18.4. The van der Waals surface area contributed by atoms with Gasteiger partial charge in [-0.2, -0.15) is 0 Å². The van der Waals surface area contributed by atoms with Gasteiger partial charge in [0.2, 0.25) is 5.13 Å². The summed E-state index contributed by atoms with van der Waals surface area (Å²) in [5, 5.41) is 21.6. The third-order valence-electron chi connectivity index (χ3n) is 5.90. The molecule has 10 heteroatoms. The van der Waals surface area contributed by atoms with Crippen LogP contribution in [0.3, 0.4) is 0 Å². The van der Waals surface area contributed by atoms with Crippen molar-refractivity contribution >= 4 is 39.5 Å². The number of nitrogens with one attached hydrogen (secondary N) is 1. The van der Waals surface area contributed by atoms with E-state index in [1.807, 2.05) is 26.8 Å². The molecule has 0 aliphatic heterocycles. The highest BCUT2D eigenvalue weighted by atomic mass is 35.5. The van der Waals surface area contributed by atoms with Crippen LogP contribution in [0.2, 0.25) is 5.15 Å². The second-order valence-corrected chi connectivity index (χ2v) is 9.95. The fraction of sp³-hybridized carbons (Fsp3) is 0.440. The number of rotatable bonds is 9. The molecule has 2 N–H and O–H groups in total. The SMILES string of the molecule is C/C=C(C(=O)Nc1nnc(OCC2CCC(O)C2)s1)\C(=C/C(C)=C(C)C)c1cc(Cl)ncc1OC. The maximum absolute atomic E-state index is 13.4. The lowest BCUT2D eigenvalue weighted by Gasteiger charge is -2.16. The van der Waals surface area contributed by atoms with E-state index < -0.39 is 0 Å². The van der Waals surface area contributed by atoms with Crippen LogP contribution in [0.15, 0.2) is 41.1 Å². The van der Waals surface area contributed by atoms with Crippen LogP contribution in [0.4, 0.5) is 5.13 Å². The number of hydrogen-bond acceptors (Lipinski definition) is 8. The van der Waals surface area contributed by atoms with E-state index in [0.717, 1.165) is 41.7 Å². The van der Waals surface area contributed by atoms with E-state index in [4.69, 9.17) is 21.1 Å². The van der Waals surface area contributed by atoms with Gasteiger partial charge in [0.15, 0.2) is 0 Å². The number of carbonyl (C=O) groups excluding carboxylic acids is 1. The number of carbonyl (C=O) groups is 1. The minimum Gasteiger partial charge on any atom is -0.494 e. The summed E-state index contributed by atoms with van der Waals surface area (Å²) < 4.78 is 11.2. The molecule has 0 aromatic carbocycles. The van der Waals surface area contributed by atoms with Crippen molar-refractivity contribution in [2.75, 3.05) is 19.0 Å². The van der Waals surface area contributed by atoms with Gasteiger partial charge in [-0.05, 0) is 75.9 Å². The smallest absolute Gasteiger partial charge is 0.295 e. The van der Waals surface area contributed by atoms with Gasteiger partial charge in [0, 0.05) is 11.1 Å². The highest BCUT2D eigenvalue weighted by Crippen LogP contribution is 2.35. The Morgan fingerprint density at radius 1 is 1.31 bits per heavy atom. The van der Waals surface area contributed by atoms with Crippen molar-refractivity contribution in [2.45, 2.75) is 53.1 Å². The number of aromatic nitrogens is 3. The first-order valence-corrected chi connectivity index (χ1v) is 12.6. The number of hydrogen-bond donors (Lipinski definition) is 2. The first-order valence-electron chi connectivity index (χ1n) is 11.4. The molecule has 1 saturated carbocycles. The third kappa shape index (κ3) is 7.13. The molecule has 2 atom stereocenters. The van der Waals surface area contributed by atoms with E-state index >= 15 is 0 Å². The van der Waals surface area contributed by atoms with Gasteiger partial charge in [-0.3, -0.25) is 10.1 Å². The molecule has 1 aliphatic rings. The largest absolute Gasteiger partial charge is 0.494 e. The van der Waals surface area contributed by atoms with Crippen molar-refractivity contribution in [1.82, 2.24) is 15.2 Å². The Balaban J connectivity index is 1.83. The summed E-state index contributed by atoms with van der Waals surface area (Å²) in [7, 11) is 1.55. The van der Waals surface area contributed by atoms with Crippen LogP contribution in [-0.2, 0) is 4.79 Å². The standard InChI is InChI=1S/C25H31ClN4O4S/c1-6-18(19(9-15(4)14(2)3)20-11-22(26)27-12-21(20)33-5)23(32)28-24-29-30-25(35-24)34-13-16-7-8-17(31)10-16/h6,9,11-12,16-17,31H,7-8,10,13H2,1-5H3,(H,28,29,32)/b18-6+,19-9+. The van der Waals surface area contributed by atoms with Crippen LogP contribution in [0, 0.1) is 5.92 Å². The van der Waals surface area contributed by atoms with Gasteiger partial charge in [-0.15, -0.1) is 5.10 Å². The summed E-state index contributed by atoms with van der Waals surface area (Å²) in [5.41, 5.74) is 3.83. The van der Waals surface area contributed by atoms with E-state index in [0.29, 0.717) is 45.3 Å². The Hall–Kier alpha value is -2.75. The molecule has 0 saturated heterocycles. The second-order valence-electron chi connectivity index (χ2n) is 8.62. The molecule has 2 aromatic heterocycles. The Kier molecular flexibility index (Phi) is 9.42. The maximum Gasteiger partial charge on any atom is 0.295 e. The van der Waals surface area contributed by atoms with Crippen LogP contribution >= 0.6 is 22.9 Å². The minimum atomic E-state index is -0.350. The number of allylic oxidation sites excluding steroid dienone is 4. The fourth-order valence-electron chi connectivity index (χ4n) is 3.73. The van der Waals surface area contributed by atoms with E-state index in [1.165, 1.54) is 6.20 Å². The summed E-state index contributed by atoms with van der Waals surface area (Å²) >= 11 is 7.35. The Morgan fingerprint density at radius 2 is 2.09 bits per heavy atom. The van der Waals surface area contributed by atoms with E-state index in [9.17, 15) is 9.90 Å². The van der Waals surface area contributed by atoms with Gasteiger partial charge < -0.3 is 14.6 Å². The highest BCUT2D eigenvalue weighted by Gasteiger charge is 2.24. The van der Waals surface area contributed by atoms with Crippen molar-refractivity contribution in [2.24, 2.45) is 5.92 Å². The third-order valence-corrected chi connectivity index (χ3v) is 6.86. The van der Waals surface area contributed by atoms with Gasteiger partial charge in [0.25, 0.3) is 11.1 Å². The van der Waals surface area contributed by atoms with Crippen LogP contribution in [-0.4, -0.2) is 46.0 Å². The van der Waals surface area contributed by atoms with E-state index in [2.05, 4.69) is 20.5 Å². The highest BCUT2D eigenvalue weighted by molar-refractivity contribution is 7.17. The first-order chi connectivity index (χ1) is 16.7. The van der Waals surface area contributed by atoms with Crippen LogP contribution in [0.5, 0.6) is 10.9 Å². The molecule has 0 bridgehead atoms. The maximum atomic E-state index is 13.4. The molecule has 2 heterocycles. The quantitative estimate of drug-likeness (QED) is 0.258. The molecular weight excluding hydrogens is 488 g/mol. The summed E-state index contributed by atoms with van der Waals surface area (Å²) in [4.78, 5) is 17.4. The molecule has 8 nitrogen and oxygen atoms in total. The topological polar surface area (TPSA) is 106 Å². The number of aliphatic hydroxyl groups is 1. The molecule has 0 spiro atoms. The van der Waals surface area contributed by atoms with Crippen molar-refractivity contribution in [3.8, 4) is 10.9 Å². The summed E-state index contributed by atoms with van der Waals surface area (Å²) in [6.07, 6.45) is 7.41. The lowest BCUT2D eigenvalue weighted by atomic mass is 9.94. The van der Waals surface area contributed by atoms with Crippen LogP contribution in [0.1, 0.15) is 52.5 Å². The predicted octanol–water partition coefficient (Wildman–Crippen LogP) is 5.46. The molecule has 3 rings (SSSR count). The molecule has 188 valence electrons. The Labute approximate surface area is 214 Å². The van der Waals surface area contributed by atoms with Crippen molar-refractivity contribution in [3.05, 3.63) is 51.9 Å². The predicted molar refractivity (Wildman–Crippen MR) is 139 cm³/mol. The van der Waals surface area contributed by atoms with Crippen LogP contribution < -0.4 is 14.8 Å². The lowest BCUT2D eigenvalue weighted by molar-refractivity contribution is -0.112. The number of nitrogens with zero attached hydrogens (tertiary/aromatic N) is 3. The molecule has 0 radical (unpaired) electrons. The van der Waals surface area contributed by atoms with E-state index in [1.54, 1.807) is 26.2 Å². The zero-order valence-electron chi connectivity index (χ0n) is 20.6. The fourth-order valence-corrected chi connectivity index (χ4v) is 4.49. The molecular formula is C25H31ClN4O4S. The number of halogens is 1. The minimum absolute atomic E-state index is 0.252. The molecule has 1 fully saturated rings. The average Bonchev–Trinajstić information content (AvgIpc) is 3.45. The summed E-state index contributed by atoms with van der Waals surface area (Å²) in [6, 6.07) is 1.68. The number of ether oxygens (including phenoxy) is 2. The number of methoxy groups -OCH3 is 1. The number of aliphatic hydroxyl groups excluding tert-OH is 1. The molecule has 1 aliphatic carbocycles. The molecule has 2 unspecified atom stereocenters. The van der Waals surface area contributed by atoms with Gasteiger partial charge in [0.05, 0.1) is 26.0 Å². The van der Waals surface area contributed by atoms with Crippen molar-refractivity contribution < 1.29 is 19.4 Å². The lowest BCUT2D eigenvalue weighted by Crippen LogP contribution is -2.16. The van der Waals surface area contributed by atoms with Gasteiger partial charge >= 0.3 is 0 Å². The average molecular weight is 519 g/mol. The van der Waals surface area contributed by atoms with Gasteiger partial charge in [-0.1, -0.05) is 40.0 Å². The van der Waals surface area contributed by atoms with Gasteiger partial charge in [-0.25, -0.2) is 4.98 Å². The Morgan fingerprint density at radius 3 is 2.71 bits per heavy atom. The van der Waals surface area contributed by atoms with Gasteiger partial charge in [0.1, 0.15) is 10.9 Å². The number of amides is 1. The Bertz CT molecular complexity index is 1150. The molecule has 35 heavy (non-hydrogen) atoms. The number of pyridine rings is 1. The zero-order valence-corrected chi connectivity index (χ0v) is 22.2. The zero-order chi connectivity index (χ0) is 25.5. The first kappa shape index (κ1) is 26.8. The van der Waals surface area contributed by atoms with Crippen molar-refractivity contribution in [3.63, 3.8) is 0 Å². The van der Waals surface area contributed by atoms with E-state index in [-0.39, 0.29) is 17.2 Å². The summed E-state index contributed by atoms with van der Waals surface area (Å²) in [6.45, 7) is 8.25. The molecule has 2 aromatic rings. The molecule has 1 amide bonds. The van der Waals surface area contributed by atoms with Crippen LogP contribution in [0.25, 0.3) is 5.57 Å². The second kappa shape index (κ2) is 12.3. The van der Waals surface area contributed by atoms with Crippen molar-refractivity contribution in [1.29, 1.82) is 0 Å². The monoisotopic (exact) mass is 518 g/mol. The summed E-state index contributed by atoms with van der Waals surface area (Å²) in [5.74, 6) is 0.449.